The first-order valence-corrected chi connectivity index (χ1v) is 6.11. The monoisotopic (exact) mass is 272 g/mol. The van der Waals surface area contributed by atoms with Gasteiger partial charge < -0.3 is 14.8 Å². The van der Waals surface area contributed by atoms with Gasteiger partial charge in [0.1, 0.15) is 11.4 Å². The Hall–Kier alpha value is -2.56. The number of pyridine rings is 1. The Morgan fingerprint density at radius 1 is 1.15 bits per heavy atom. The highest BCUT2D eigenvalue weighted by Crippen LogP contribution is 2.25. The van der Waals surface area contributed by atoms with E-state index >= 15 is 0 Å². The quantitative estimate of drug-likeness (QED) is 0.929. The van der Waals surface area contributed by atoms with Crippen LogP contribution in [0.25, 0.3) is 0 Å². The van der Waals surface area contributed by atoms with Crippen molar-refractivity contribution in [2.45, 2.75) is 6.92 Å². The van der Waals surface area contributed by atoms with E-state index in [0.717, 1.165) is 5.56 Å². The lowest BCUT2D eigenvalue weighted by atomic mass is 10.2. The minimum Gasteiger partial charge on any atom is -0.495 e. The Kier molecular flexibility index (Phi) is 4.20. The van der Waals surface area contributed by atoms with E-state index in [2.05, 4.69) is 10.3 Å². The lowest BCUT2D eigenvalue weighted by molar-refractivity contribution is 0.102. The maximum absolute atomic E-state index is 12.2. The van der Waals surface area contributed by atoms with Crippen molar-refractivity contribution in [1.29, 1.82) is 0 Å². The Bertz CT molecular complexity index is 626. The van der Waals surface area contributed by atoms with Gasteiger partial charge in [-0.3, -0.25) is 4.79 Å². The fraction of sp³-hybridized carbons (Fsp3) is 0.200. The van der Waals surface area contributed by atoms with Crippen molar-refractivity contribution in [2.24, 2.45) is 0 Å². The lowest BCUT2D eigenvalue weighted by Gasteiger charge is -2.11. The summed E-state index contributed by atoms with van der Waals surface area (Å²) in [6.07, 6.45) is 0. The van der Waals surface area contributed by atoms with Crippen LogP contribution in [0.15, 0.2) is 36.4 Å². The Labute approximate surface area is 117 Å². The van der Waals surface area contributed by atoms with Gasteiger partial charge in [0.2, 0.25) is 5.88 Å². The number of aryl methyl sites for hydroxylation is 1. The molecule has 1 N–H and O–H groups in total. The summed E-state index contributed by atoms with van der Waals surface area (Å²) in [4.78, 5) is 16.3. The van der Waals surface area contributed by atoms with Crippen LogP contribution in [0.3, 0.4) is 0 Å². The van der Waals surface area contributed by atoms with Crippen LogP contribution in [0, 0.1) is 6.92 Å². The molecule has 0 saturated carbocycles. The molecule has 1 amide bonds. The van der Waals surface area contributed by atoms with Crippen LogP contribution in [-0.4, -0.2) is 25.1 Å². The molecule has 0 aliphatic rings. The predicted octanol–water partition coefficient (Wildman–Crippen LogP) is 2.66. The normalized spacial score (nSPS) is 9.95. The van der Waals surface area contributed by atoms with E-state index in [1.807, 2.05) is 25.1 Å². The molecule has 2 aromatic rings. The number of amides is 1. The average molecular weight is 272 g/mol. The molecule has 0 spiro atoms. The highest BCUT2D eigenvalue weighted by Gasteiger charge is 2.11. The number of benzene rings is 1. The Morgan fingerprint density at radius 3 is 2.65 bits per heavy atom. The van der Waals surface area contributed by atoms with Crippen LogP contribution < -0.4 is 14.8 Å². The van der Waals surface area contributed by atoms with Crippen molar-refractivity contribution in [2.75, 3.05) is 19.5 Å². The summed E-state index contributed by atoms with van der Waals surface area (Å²) >= 11 is 0. The molecule has 0 fully saturated rings. The summed E-state index contributed by atoms with van der Waals surface area (Å²) in [6, 6.07) is 10.6. The molecule has 0 unspecified atom stereocenters. The highest BCUT2D eigenvalue weighted by molar-refractivity contribution is 6.03. The van der Waals surface area contributed by atoms with Crippen molar-refractivity contribution >= 4 is 11.6 Å². The number of hydrogen-bond donors (Lipinski definition) is 1. The minimum atomic E-state index is -0.312. The first-order valence-electron chi connectivity index (χ1n) is 6.11. The van der Waals surface area contributed by atoms with E-state index < -0.39 is 0 Å². The predicted molar refractivity (Wildman–Crippen MR) is 76.5 cm³/mol. The number of aromatic nitrogens is 1. The van der Waals surface area contributed by atoms with E-state index in [1.165, 1.54) is 7.11 Å². The zero-order valence-corrected chi connectivity index (χ0v) is 11.6. The molecule has 104 valence electrons. The summed E-state index contributed by atoms with van der Waals surface area (Å²) in [5.41, 5.74) is 1.93. The molecule has 1 aromatic carbocycles. The zero-order chi connectivity index (χ0) is 14.5. The second-order valence-electron chi connectivity index (χ2n) is 4.22. The maximum atomic E-state index is 12.2. The second kappa shape index (κ2) is 6.06. The SMILES string of the molecule is COc1cccc(C(=O)Nc2cc(C)ccc2OC)n1. The third kappa shape index (κ3) is 3.06. The Balaban J connectivity index is 2.25. The van der Waals surface area contributed by atoms with Crippen LogP contribution in [0.5, 0.6) is 11.6 Å². The number of rotatable bonds is 4. The number of methoxy groups -OCH3 is 2. The molecule has 0 radical (unpaired) electrons. The minimum absolute atomic E-state index is 0.285. The summed E-state index contributed by atoms with van der Waals surface area (Å²) < 4.78 is 10.2. The molecule has 0 aliphatic carbocycles. The Morgan fingerprint density at radius 2 is 1.95 bits per heavy atom. The van der Waals surface area contributed by atoms with Gasteiger partial charge in [-0.25, -0.2) is 4.98 Å². The number of anilines is 1. The first-order chi connectivity index (χ1) is 9.63. The van der Waals surface area contributed by atoms with E-state index in [1.54, 1.807) is 25.3 Å². The van der Waals surface area contributed by atoms with Gasteiger partial charge in [-0.2, -0.15) is 0 Å². The first kappa shape index (κ1) is 13.9. The summed E-state index contributed by atoms with van der Waals surface area (Å²) in [5, 5.41) is 2.79. The standard InChI is InChI=1S/C15H16N2O3/c1-10-7-8-13(19-2)12(9-10)17-15(18)11-5-4-6-14(16-11)20-3/h4-9H,1-3H3,(H,17,18). The van der Waals surface area contributed by atoms with Crippen molar-refractivity contribution < 1.29 is 14.3 Å². The number of ether oxygens (including phenoxy) is 2. The fourth-order valence-corrected chi connectivity index (χ4v) is 1.76. The van der Waals surface area contributed by atoms with Gasteiger partial charge in [0, 0.05) is 6.07 Å². The van der Waals surface area contributed by atoms with Crippen LogP contribution in [0.4, 0.5) is 5.69 Å². The van der Waals surface area contributed by atoms with Crippen molar-refractivity contribution in [3.63, 3.8) is 0 Å². The molecule has 0 bridgehead atoms. The average Bonchev–Trinajstić information content (AvgIpc) is 2.47. The smallest absolute Gasteiger partial charge is 0.274 e. The van der Waals surface area contributed by atoms with Gasteiger partial charge >= 0.3 is 0 Å². The van der Waals surface area contributed by atoms with Crippen LogP contribution in [-0.2, 0) is 0 Å². The molecule has 20 heavy (non-hydrogen) atoms. The third-order valence-corrected chi connectivity index (χ3v) is 2.77. The van der Waals surface area contributed by atoms with E-state index in [0.29, 0.717) is 17.3 Å². The van der Waals surface area contributed by atoms with Crippen LogP contribution in [0.1, 0.15) is 16.1 Å². The van der Waals surface area contributed by atoms with Crippen molar-refractivity contribution in [3.8, 4) is 11.6 Å². The number of nitrogens with zero attached hydrogens (tertiary/aromatic N) is 1. The summed E-state index contributed by atoms with van der Waals surface area (Å²) in [7, 11) is 3.07. The lowest BCUT2D eigenvalue weighted by Crippen LogP contribution is -2.14. The molecule has 5 heteroatoms. The molecule has 0 atom stereocenters. The molecule has 0 saturated heterocycles. The molecule has 1 heterocycles. The maximum Gasteiger partial charge on any atom is 0.274 e. The largest absolute Gasteiger partial charge is 0.495 e. The van der Waals surface area contributed by atoms with E-state index in [-0.39, 0.29) is 11.6 Å². The number of hydrogen-bond acceptors (Lipinski definition) is 4. The van der Waals surface area contributed by atoms with Gasteiger partial charge in [0.05, 0.1) is 19.9 Å². The third-order valence-electron chi connectivity index (χ3n) is 2.77. The van der Waals surface area contributed by atoms with Crippen LogP contribution in [0.2, 0.25) is 0 Å². The van der Waals surface area contributed by atoms with Crippen molar-refractivity contribution in [1.82, 2.24) is 4.98 Å². The topological polar surface area (TPSA) is 60.5 Å². The van der Waals surface area contributed by atoms with Crippen LogP contribution >= 0.6 is 0 Å². The fourth-order valence-electron chi connectivity index (χ4n) is 1.76. The summed E-state index contributed by atoms with van der Waals surface area (Å²) in [6.45, 7) is 1.94. The molecular weight excluding hydrogens is 256 g/mol. The van der Waals surface area contributed by atoms with Gasteiger partial charge in [-0.05, 0) is 30.7 Å². The number of nitrogens with one attached hydrogen (secondary N) is 1. The molecular formula is C15H16N2O3. The van der Waals surface area contributed by atoms with Gasteiger partial charge in [-0.15, -0.1) is 0 Å². The summed E-state index contributed by atoms with van der Waals surface area (Å²) in [5.74, 6) is 0.688. The van der Waals surface area contributed by atoms with Gasteiger partial charge in [-0.1, -0.05) is 12.1 Å². The highest BCUT2D eigenvalue weighted by atomic mass is 16.5. The van der Waals surface area contributed by atoms with E-state index in [9.17, 15) is 4.79 Å². The molecule has 1 aromatic heterocycles. The molecule has 0 aliphatic heterocycles. The second-order valence-corrected chi connectivity index (χ2v) is 4.22. The van der Waals surface area contributed by atoms with Gasteiger partial charge in [0.25, 0.3) is 5.91 Å². The van der Waals surface area contributed by atoms with E-state index in [4.69, 9.17) is 9.47 Å². The molecule has 2 rings (SSSR count). The zero-order valence-electron chi connectivity index (χ0n) is 11.6. The van der Waals surface area contributed by atoms with Gasteiger partial charge in [0.15, 0.2) is 0 Å². The van der Waals surface area contributed by atoms with Crippen molar-refractivity contribution in [3.05, 3.63) is 47.7 Å². The molecule has 5 nitrogen and oxygen atoms in total. The number of carbonyl (C=O) groups is 1. The number of carbonyl (C=O) groups excluding carboxylic acids is 1.